The molecular formula is C17H26ClN7O. The highest BCUT2D eigenvalue weighted by atomic mass is 35.5. The highest BCUT2D eigenvalue weighted by Crippen LogP contribution is 2.25. The zero-order valence-corrected chi connectivity index (χ0v) is 16.1. The summed E-state index contributed by atoms with van der Waals surface area (Å²) in [6.07, 6.45) is 1.82. The van der Waals surface area contributed by atoms with Gasteiger partial charge in [0.1, 0.15) is 5.82 Å². The largest absolute Gasteiger partial charge is 0.354 e. The van der Waals surface area contributed by atoms with Crippen molar-refractivity contribution in [2.75, 3.05) is 64.8 Å². The molecule has 8 nitrogen and oxygen atoms in total. The van der Waals surface area contributed by atoms with Gasteiger partial charge in [0.2, 0.25) is 0 Å². The Labute approximate surface area is 160 Å². The molecule has 0 spiro atoms. The molecule has 2 aromatic heterocycles. The molecule has 4 rings (SSSR count). The third-order valence-electron chi connectivity index (χ3n) is 5.07. The van der Waals surface area contributed by atoms with Crippen molar-refractivity contribution in [3.63, 3.8) is 0 Å². The fraction of sp³-hybridized carbons (Fsp3) is 0.588. The van der Waals surface area contributed by atoms with Gasteiger partial charge in [-0.1, -0.05) is 5.16 Å². The van der Waals surface area contributed by atoms with Crippen LogP contribution in [0.25, 0.3) is 11.5 Å². The summed E-state index contributed by atoms with van der Waals surface area (Å²) < 4.78 is 5.54. The molecule has 142 valence electrons. The van der Waals surface area contributed by atoms with Crippen LogP contribution >= 0.6 is 12.4 Å². The predicted octanol–water partition coefficient (Wildman–Crippen LogP) is 0.881. The van der Waals surface area contributed by atoms with Gasteiger partial charge in [-0.25, -0.2) is 4.98 Å². The topological polar surface area (TPSA) is 73.6 Å². The number of anilines is 1. The number of hydrogen-bond acceptors (Lipinski definition) is 8. The van der Waals surface area contributed by atoms with Crippen LogP contribution in [0.2, 0.25) is 0 Å². The SMILES string of the molecule is CN1CCN(c2cc(-c3nc(C4CNCCN4C)no3)ccn2)CC1.Cl. The van der Waals surface area contributed by atoms with Gasteiger partial charge in [-0.15, -0.1) is 12.4 Å². The fourth-order valence-electron chi connectivity index (χ4n) is 3.34. The summed E-state index contributed by atoms with van der Waals surface area (Å²) in [4.78, 5) is 16.1. The summed E-state index contributed by atoms with van der Waals surface area (Å²) in [6, 6.07) is 4.13. The zero-order chi connectivity index (χ0) is 17.2. The van der Waals surface area contributed by atoms with E-state index in [1.54, 1.807) is 0 Å². The van der Waals surface area contributed by atoms with E-state index in [0.717, 1.165) is 63.0 Å². The first kappa shape index (κ1) is 19.0. The summed E-state index contributed by atoms with van der Waals surface area (Å²) in [5.41, 5.74) is 0.925. The van der Waals surface area contributed by atoms with Crippen molar-refractivity contribution in [3.8, 4) is 11.5 Å². The number of nitrogens with zero attached hydrogens (tertiary/aromatic N) is 6. The molecule has 0 radical (unpaired) electrons. The maximum Gasteiger partial charge on any atom is 0.258 e. The highest BCUT2D eigenvalue weighted by molar-refractivity contribution is 5.85. The summed E-state index contributed by atoms with van der Waals surface area (Å²) in [7, 11) is 4.25. The second kappa shape index (κ2) is 8.30. The van der Waals surface area contributed by atoms with Crippen LogP contribution in [-0.4, -0.2) is 84.8 Å². The number of pyridine rings is 1. The quantitative estimate of drug-likeness (QED) is 0.842. The Bertz CT molecular complexity index is 717. The number of hydrogen-bond donors (Lipinski definition) is 1. The van der Waals surface area contributed by atoms with Crippen LogP contribution in [0.5, 0.6) is 0 Å². The third kappa shape index (κ3) is 3.98. The second-order valence-electron chi connectivity index (χ2n) is 6.85. The Hall–Kier alpha value is -1.74. The van der Waals surface area contributed by atoms with Crippen LogP contribution < -0.4 is 10.2 Å². The van der Waals surface area contributed by atoms with Crippen molar-refractivity contribution in [2.45, 2.75) is 6.04 Å². The molecule has 0 aliphatic carbocycles. The predicted molar refractivity (Wildman–Crippen MR) is 103 cm³/mol. The lowest BCUT2D eigenvalue weighted by molar-refractivity contribution is 0.190. The molecule has 0 amide bonds. The van der Waals surface area contributed by atoms with Gasteiger partial charge in [-0.3, -0.25) is 4.90 Å². The van der Waals surface area contributed by atoms with Gasteiger partial charge in [0, 0.05) is 57.6 Å². The van der Waals surface area contributed by atoms with Crippen LogP contribution in [0.15, 0.2) is 22.9 Å². The number of halogens is 1. The summed E-state index contributed by atoms with van der Waals surface area (Å²) in [5.74, 6) is 2.27. The standard InChI is InChI=1S/C17H25N7O.ClH/c1-22-7-9-24(10-8-22)15-11-13(3-4-19-15)17-20-16(21-25-17)14-12-18-5-6-23(14)2;/h3-4,11,14,18H,5-10,12H2,1-2H3;1H. The van der Waals surface area contributed by atoms with Crippen molar-refractivity contribution in [1.29, 1.82) is 0 Å². The molecular weight excluding hydrogens is 354 g/mol. The van der Waals surface area contributed by atoms with Gasteiger partial charge in [0.05, 0.1) is 6.04 Å². The number of likely N-dealkylation sites (N-methyl/N-ethyl adjacent to an activating group) is 2. The lowest BCUT2D eigenvalue weighted by Gasteiger charge is -2.33. The molecule has 0 aromatic carbocycles. The maximum absolute atomic E-state index is 5.54. The maximum atomic E-state index is 5.54. The summed E-state index contributed by atoms with van der Waals surface area (Å²) in [5, 5.41) is 7.59. The second-order valence-corrected chi connectivity index (χ2v) is 6.85. The number of aromatic nitrogens is 3. The first-order chi connectivity index (χ1) is 12.2. The third-order valence-corrected chi connectivity index (χ3v) is 5.07. The highest BCUT2D eigenvalue weighted by Gasteiger charge is 2.25. The molecule has 2 aliphatic heterocycles. The van der Waals surface area contributed by atoms with E-state index >= 15 is 0 Å². The lowest BCUT2D eigenvalue weighted by Crippen LogP contribution is -2.44. The molecule has 2 aliphatic rings. The Morgan fingerprint density at radius 3 is 2.73 bits per heavy atom. The van der Waals surface area contributed by atoms with Crippen molar-refractivity contribution in [1.82, 2.24) is 30.2 Å². The lowest BCUT2D eigenvalue weighted by atomic mass is 10.2. The van der Waals surface area contributed by atoms with Crippen LogP contribution in [0, 0.1) is 0 Å². The van der Waals surface area contributed by atoms with Crippen molar-refractivity contribution in [2.24, 2.45) is 0 Å². The molecule has 1 atom stereocenters. The Balaban J connectivity index is 0.00000196. The van der Waals surface area contributed by atoms with E-state index in [1.165, 1.54) is 0 Å². The molecule has 2 aromatic rings. The Morgan fingerprint density at radius 2 is 1.96 bits per heavy atom. The van der Waals surface area contributed by atoms with E-state index in [9.17, 15) is 0 Å². The fourth-order valence-corrected chi connectivity index (χ4v) is 3.34. The van der Waals surface area contributed by atoms with Crippen molar-refractivity contribution < 1.29 is 4.52 Å². The Morgan fingerprint density at radius 1 is 1.15 bits per heavy atom. The average Bonchev–Trinajstić information content (AvgIpc) is 3.13. The monoisotopic (exact) mass is 379 g/mol. The number of nitrogens with one attached hydrogen (secondary N) is 1. The van der Waals surface area contributed by atoms with Crippen LogP contribution in [0.1, 0.15) is 11.9 Å². The minimum Gasteiger partial charge on any atom is -0.354 e. The minimum absolute atomic E-state index is 0. The number of piperazine rings is 2. The first-order valence-corrected chi connectivity index (χ1v) is 8.85. The van der Waals surface area contributed by atoms with Gasteiger partial charge >= 0.3 is 0 Å². The smallest absolute Gasteiger partial charge is 0.258 e. The van der Waals surface area contributed by atoms with Gasteiger partial charge in [0.15, 0.2) is 5.82 Å². The van der Waals surface area contributed by atoms with Crippen molar-refractivity contribution >= 4 is 18.2 Å². The molecule has 2 saturated heterocycles. The van der Waals surface area contributed by atoms with E-state index in [4.69, 9.17) is 4.52 Å². The average molecular weight is 380 g/mol. The van der Waals surface area contributed by atoms with E-state index in [2.05, 4.69) is 49.2 Å². The zero-order valence-electron chi connectivity index (χ0n) is 15.3. The van der Waals surface area contributed by atoms with E-state index in [1.807, 2.05) is 18.3 Å². The van der Waals surface area contributed by atoms with Gasteiger partial charge < -0.3 is 19.6 Å². The van der Waals surface area contributed by atoms with E-state index in [0.29, 0.717) is 5.89 Å². The van der Waals surface area contributed by atoms with Gasteiger partial charge in [-0.2, -0.15) is 4.98 Å². The molecule has 4 heterocycles. The first-order valence-electron chi connectivity index (χ1n) is 8.85. The molecule has 26 heavy (non-hydrogen) atoms. The van der Waals surface area contributed by atoms with Gasteiger partial charge in [0.25, 0.3) is 5.89 Å². The molecule has 1 N–H and O–H groups in total. The van der Waals surface area contributed by atoms with E-state index in [-0.39, 0.29) is 18.4 Å². The molecule has 0 bridgehead atoms. The van der Waals surface area contributed by atoms with Gasteiger partial charge in [-0.05, 0) is 26.2 Å². The van der Waals surface area contributed by atoms with Crippen LogP contribution in [0.4, 0.5) is 5.82 Å². The van der Waals surface area contributed by atoms with Crippen LogP contribution in [-0.2, 0) is 0 Å². The molecule has 9 heteroatoms. The minimum atomic E-state index is 0. The molecule has 2 fully saturated rings. The normalized spacial score (nSPS) is 22.2. The van der Waals surface area contributed by atoms with Crippen LogP contribution in [0.3, 0.4) is 0 Å². The van der Waals surface area contributed by atoms with E-state index < -0.39 is 0 Å². The number of rotatable bonds is 3. The Kier molecular flexibility index (Phi) is 6.08. The van der Waals surface area contributed by atoms with Crippen molar-refractivity contribution in [3.05, 3.63) is 24.2 Å². The summed E-state index contributed by atoms with van der Waals surface area (Å²) >= 11 is 0. The molecule has 1 unspecified atom stereocenters. The summed E-state index contributed by atoms with van der Waals surface area (Å²) in [6.45, 7) is 6.91. The molecule has 0 saturated carbocycles.